The van der Waals surface area contributed by atoms with E-state index in [4.69, 9.17) is 5.11 Å². The first-order valence-electron chi connectivity index (χ1n) is 7.48. The number of hydrogen-bond donors (Lipinski definition) is 1. The van der Waals surface area contributed by atoms with Crippen LogP contribution in [-0.4, -0.2) is 59.3 Å². The van der Waals surface area contributed by atoms with Gasteiger partial charge in [0, 0.05) is 38.5 Å². The standard InChI is InChI=1S/C15H26N4O/c1-12-11-16-13(2)15(17-12)19-8-5-14(6-9-19)18(3)7-4-10-20/h11,14,20H,4-10H2,1-3H3. The molecule has 2 rings (SSSR count). The molecular weight excluding hydrogens is 252 g/mol. The van der Waals surface area contributed by atoms with Gasteiger partial charge in [-0.15, -0.1) is 0 Å². The number of aromatic nitrogens is 2. The van der Waals surface area contributed by atoms with Gasteiger partial charge in [-0.1, -0.05) is 0 Å². The van der Waals surface area contributed by atoms with Crippen LogP contribution in [0.2, 0.25) is 0 Å². The van der Waals surface area contributed by atoms with Crippen LogP contribution in [0.5, 0.6) is 0 Å². The molecule has 5 nitrogen and oxygen atoms in total. The number of rotatable bonds is 5. The maximum atomic E-state index is 8.91. The highest BCUT2D eigenvalue weighted by Gasteiger charge is 2.24. The molecule has 0 aromatic carbocycles. The molecular formula is C15H26N4O. The van der Waals surface area contributed by atoms with Gasteiger partial charge < -0.3 is 14.9 Å². The normalized spacial score (nSPS) is 16.9. The SMILES string of the molecule is Cc1cnc(C)c(N2CCC(N(C)CCCO)CC2)n1. The van der Waals surface area contributed by atoms with Crippen molar-refractivity contribution in [3.8, 4) is 0 Å². The molecule has 1 aromatic rings. The van der Waals surface area contributed by atoms with Gasteiger partial charge in [-0.25, -0.2) is 4.98 Å². The summed E-state index contributed by atoms with van der Waals surface area (Å²) in [6.45, 7) is 7.35. The summed E-state index contributed by atoms with van der Waals surface area (Å²) in [5, 5.41) is 8.91. The lowest BCUT2D eigenvalue weighted by atomic mass is 10.0. The summed E-state index contributed by atoms with van der Waals surface area (Å²) >= 11 is 0. The number of aliphatic hydroxyl groups excluding tert-OH is 1. The van der Waals surface area contributed by atoms with E-state index in [9.17, 15) is 0 Å². The summed E-state index contributed by atoms with van der Waals surface area (Å²) in [5.74, 6) is 1.04. The molecule has 0 atom stereocenters. The van der Waals surface area contributed by atoms with Gasteiger partial charge in [-0.05, 0) is 40.2 Å². The maximum absolute atomic E-state index is 8.91. The monoisotopic (exact) mass is 278 g/mol. The van der Waals surface area contributed by atoms with E-state index in [0.717, 1.165) is 56.1 Å². The first-order chi connectivity index (χ1) is 9.61. The number of nitrogens with zero attached hydrogens (tertiary/aromatic N) is 4. The predicted octanol–water partition coefficient (Wildman–Crippen LogP) is 1.38. The maximum Gasteiger partial charge on any atom is 0.150 e. The zero-order chi connectivity index (χ0) is 14.5. The average Bonchev–Trinajstić information content (AvgIpc) is 2.47. The van der Waals surface area contributed by atoms with Crippen LogP contribution in [-0.2, 0) is 0 Å². The van der Waals surface area contributed by atoms with Crippen LogP contribution in [0.4, 0.5) is 5.82 Å². The molecule has 0 unspecified atom stereocenters. The zero-order valence-corrected chi connectivity index (χ0v) is 12.8. The first-order valence-corrected chi connectivity index (χ1v) is 7.48. The Labute approximate surface area is 121 Å². The molecule has 0 bridgehead atoms. The van der Waals surface area contributed by atoms with Crippen molar-refractivity contribution in [3.05, 3.63) is 17.6 Å². The minimum Gasteiger partial charge on any atom is -0.396 e. The fourth-order valence-electron chi connectivity index (χ4n) is 2.85. The predicted molar refractivity (Wildman–Crippen MR) is 81.1 cm³/mol. The Balaban J connectivity index is 1.92. The zero-order valence-electron chi connectivity index (χ0n) is 12.8. The lowest BCUT2D eigenvalue weighted by Crippen LogP contribution is -2.44. The van der Waals surface area contributed by atoms with E-state index in [2.05, 4.69) is 26.8 Å². The van der Waals surface area contributed by atoms with Gasteiger partial charge in [0.15, 0.2) is 0 Å². The molecule has 0 saturated carbocycles. The van der Waals surface area contributed by atoms with Crippen LogP contribution in [0.25, 0.3) is 0 Å². The smallest absolute Gasteiger partial charge is 0.150 e. The van der Waals surface area contributed by atoms with E-state index in [-0.39, 0.29) is 6.61 Å². The number of piperidine rings is 1. The summed E-state index contributed by atoms with van der Waals surface area (Å²) in [6.07, 6.45) is 4.99. The third-order valence-corrected chi connectivity index (χ3v) is 4.11. The molecule has 1 N–H and O–H groups in total. The average molecular weight is 278 g/mol. The van der Waals surface area contributed by atoms with Gasteiger partial charge >= 0.3 is 0 Å². The van der Waals surface area contributed by atoms with E-state index >= 15 is 0 Å². The molecule has 1 fully saturated rings. The van der Waals surface area contributed by atoms with Crippen molar-refractivity contribution in [3.63, 3.8) is 0 Å². The fraction of sp³-hybridized carbons (Fsp3) is 0.733. The van der Waals surface area contributed by atoms with Gasteiger partial charge in [-0.2, -0.15) is 0 Å². The minimum atomic E-state index is 0.279. The van der Waals surface area contributed by atoms with Crippen molar-refractivity contribution in [1.82, 2.24) is 14.9 Å². The molecule has 1 saturated heterocycles. The number of aliphatic hydroxyl groups is 1. The van der Waals surface area contributed by atoms with Crippen molar-refractivity contribution < 1.29 is 5.11 Å². The summed E-state index contributed by atoms with van der Waals surface area (Å²) in [5.41, 5.74) is 2.00. The molecule has 1 aromatic heterocycles. The number of anilines is 1. The first kappa shape index (κ1) is 15.2. The Morgan fingerprint density at radius 3 is 2.70 bits per heavy atom. The van der Waals surface area contributed by atoms with Crippen LogP contribution in [0.1, 0.15) is 30.7 Å². The Bertz CT molecular complexity index is 430. The van der Waals surface area contributed by atoms with Gasteiger partial charge in [0.2, 0.25) is 0 Å². The highest BCUT2D eigenvalue weighted by Crippen LogP contribution is 2.22. The Kier molecular flexibility index (Phi) is 5.31. The van der Waals surface area contributed by atoms with Crippen molar-refractivity contribution in [2.45, 2.75) is 39.2 Å². The molecule has 2 heterocycles. The topological polar surface area (TPSA) is 52.5 Å². The van der Waals surface area contributed by atoms with Crippen LogP contribution in [0, 0.1) is 13.8 Å². The number of aryl methyl sites for hydroxylation is 2. The minimum absolute atomic E-state index is 0.279. The van der Waals surface area contributed by atoms with Gasteiger partial charge in [0.25, 0.3) is 0 Å². The quantitative estimate of drug-likeness (QED) is 0.882. The van der Waals surface area contributed by atoms with E-state index < -0.39 is 0 Å². The Hall–Kier alpha value is -1.20. The van der Waals surface area contributed by atoms with E-state index in [0.29, 0.717) is 6.04 Å². The second-order valence-corrected chi connectivity index (χ2v) is 5.70. The van der Waals surface area contributed by atoms with E-state index in [1.165, 1.54) is 0 Å². The van der Waals surface area contributed by atoms with Crippen LogP contribution < -0.4 is 4.90 Å². The summed E-state index contributed by atoms with van der Waals surface area (Å²) < 4.78 is 0. The van der Waals surface area contributed by atoms with Crippen molar-refractivity contribution >= 4 is 5.82 Å². The Morgan fingerprint density at radius 2 is 2.05 bits per heavy atom. The van der Waals surface area contributed by atoms with Crippen LogP contribution >= 0.6 is 0 Å². The highest BCUT2D eigenvalue weighted by atomic mass is 16.3. The molecule has 0 spiro atoms. The lowest BCUT2D eigenvalue weighted by molar-refractivity contribution is 0.184. The molecule has 0 radical (unpaired) electrons. The third kappa shape index (κ3) is 3.67. The second-order valence-electron chi connectivity index (χ2n) is 5.70. The van der Waals surface area contributed by atoms with Gasteiger partial charge in [0.05, 0.1) is 11.4 Å². The van der Waals surface area contributed by atoms with Gasteiger partial charge in [-0.3, -0.25) is 4.98 Å². The van der Waals surface area contributed by atoms with E-state index in [1.807, 2.05) is 20.0 Å². The van der Waals surface area contributed by atoms with Crippen LogP contribution in [0.3, 0.4) is 0 Å². The summed E-state index contributed by atoms with van der Waals surface area (Å²) in [6, 6.07) is 0.621. The number of hydrogen-bond acceptors (Lipinski definition) is 5. The fourth-order valence-corrected chi connectivity index (χ4v) is 2.85. The van der Waals surface area contributed by atoms with Crippen molar-refractivity contribution in [1.29, 1.82) is 0 Å². The summed E-state index contributed by atoms with van der Waals surface area (Å²) in [4.78, 5) is 13.8. The highest BCUT2D eigenvalue weighted by molar-refractivity contribution is 5.43. The molecule has 0 amide bonds. The Morgan fingerprint density at radius 1 is 1.35 bits per heavy atom. The van der Waals surface area contributed by atoms with Gasteiger partial charge in [0.1, 0.15) is 5.82 Å². The molecule has 20 heavy (non-hydrogen) atoms. The second kappa shape index (κ2) is 6.99. The molecule has 0 aliphatic carbocycles. The van der Waals surface area contributed by atoms with E-state index in [1.54, 1.807) is 0 Å². The third-order valence-electron chi connectivity index (χ3n) is 4.11. The summed E-state index contributed by atoms with van der Waals surface area (Å²) in [7, 11) is 2.16. The molecule has 5 heteroatoms. The lowest BCUT2D eigenvalue weighted by Gasteiger charge is -2.37. The van der Waals surface area contributed by atoms with Crippen molar-refractivity contribution in [2.75, 3.05) is 38.2 Å². The molecule has 112 valence electrons. The van der Waals surface area contributed by atoms with Crippen molar-refractivity contribution in [2.24, 2.45) is 0 Å². The van der Waals surface area contributed by atoms with Crippen LogP contribution in [0.15, 0.2) is 6.20 Å². The molecule has 1 aliphatic heterocycles. The molecule has 1 aliphatic rings. The largest absolute Gasteiger partial charge is 0.396 e.